The summed E-state index contributed by atoms with van der Waals surface area (Å²) in [5.41, 5.74) is 3.90. The Labute approximate surface area is 367 Å². The molecule has 1 fully saturated rings. The average Bonchev–Trinajstić information content (AvgIpc) is 3.26. The van der Waals surface area contributed by atoms with Gasteiger partial charge in [0.2, 0.25) is 0 Å². The maximum absolute atomic E-state index is 10.7. The number of halogens is 1. The summed E-state index contributed by atoms with van der Waals surface area (Å²) in [5.74, 6) is 0.623. The number of carbonyl (C=O) groups is 2. The summed E-state index contributed by atoms with van der Waals surface area (Å²) >= 11 is 2.23. The smallest absolute Gasteiger partial charge is 0.494 e. The molecule has 9 nitrogen and oxygen atoms in total. The molecule has 4 aliphatic heterocycles. The normalized spacial score (nSPS) is 21.1. The summed E-state index contributed by atoms with van der Waals surface area (Å²) in [5, 5.41) is 17.5. The van der Waals surface area contributed by atoms with Gasteiger partial charge >= 0.3 is 19.1 Å². The first-order chi connectivity index (χ1) is 22.2. The fraction of sp³-hybridized carbons (Fsp3) is 0.447. The molecule has 272 valence electrons. The number of aliphatic carboxylic acids is 2. The Morgan fingerprint density at radius 1 is 0.765 bits per heavy atom. The molecule has 51 heavy (non-hydrogen) atoms. The van der Waals surface area contributed by atoms with E-state index in [4.69, 9.17) is 33.7 Å². The summed E-state index contributed by atoms with van der Waals surface area (Å²) in [7, 11) is -0.287. The molecule has 7 rings (SSSR count). The van der Waals surface area contributed by atoms with Crippen LogP contribution in [0.15, 0.2) is 54.6 Å². The van der Waals surface area contributed by atoms with Gasteiger partial charge in [0.25, 0.3) is 0 Å². The van der Waals surface area contributed by atoms with Crippen molar-refractivity contribution in [3.63, 3.8) is 0 Å². The largest absolute Gasteiger partial charge is 0.504 e. The predicted molar refractivity (Wildman–Crippen MR) is 199 cm³/mol. The minimum Gasteiger partial charge on any atom is -0.504 e. The van der Waals surface area contributed by atoms with Crippen LogP contribution in [0.4, 0.5) is 0 Å². The van der Waals surface area contributed by atoms with Gasteiger partial charge < -0.3 is 41.2 Å². The van der Waals surface area contributed by atoms with E-state index in [9.17, 15) is 9.59 Å². The molecule has 0 bridgehead atoms. The van der Waals surface area contributed by atoms with Crippen molar-refractivity contribution in [2.24, 2.45) is 0 Å². The van der Waals surface area contributed by atoms with Crippen LogP contribution in [-0.2, 0) is 104 Å². The van der Waals surface area contributed by atoms with E-state index in [2.05, 4.69) is 75.4 Å². The summed E-state index contributed by atoms with van der Waals surface area (Å²) in [6, 6.07) is 20.3. The molecule has 2 N–H and O–H groups in total. The Morgan fingerprint density at radius 3 is 1.84 bits per heavy atom. The van der Waals surface area contributed by atoms with Crippen molar-refractivity contribution in [1.29, 1.82) is 0 Å². The van der Waals surface area contributed by atoms with E-state index >= 15 is 0 Å². The van der Waals surface area contributed by atoms with Gasteiger partial charge in [0, 0.05) is 74.7 Å². The van der Waals surface area contributed by atoms with E-state index in [1.807, 2.05) is 30.3 Å². The fourth-order valence-corrected chi connectivity index (χ4v) is 6.19. The molecule has 2 radical (unpaired) electrons. The van der Waals surface area contributed by atoms with Crippen molar-refractivity contribution in [2.45, 2.75) is 110 Å². The second-order valence-corrected chi connectivity index (χ2v) is 14.4. The molecule has 4 heterocycles. The third kappa shape index (κ3) is 12.2. The first-order valence-electron chi connectivity index (χ1n) is 15.9. The van der Waals surface area contributed by atoms with Crippen molar-refractivity contribution in [1.82, 2.24) is 0 Å². The van der Waals surface area contributed by atoms with Gasteiger partial charge in [-0.2, -0.15) is 18.2 Å². The number of carboxylic acids is 2. The van der Waals surface area contributed by atoms with Crippen molar-refractivity contribution in [3.8, 4) is 17.2 Å². The van der Waals surface area contributed by atoms with Gasteiger partial charge in [-0.1, -0.05) is 26.0 Å². The number of benzene rings is 3. The van der Waals surface area contributed by atoms with Gasteiger partial charge in [-0.05, 0) is 130 Å². The number of ether oxygens (including phenoxy) is 3. The van der Waals surface area contributed by atoms with Crippen LogP contribution in [0.1, 0.15) is 78.0 Å². The van der Waals surface area contributed by atoms with Gasteiger partial charge in [0.15, 0.2) is 12.2 Å². The van der Waals surface area contributed by atoms with Crippen molar-refractivity contribution >= 4 is 47.1 Å². The Morgan fingerprint density at radius 2 is 1.25 bits per heavy atom. The molecule has 3 atom stereocenters. The van der Waals surface area contributed by atoms with Crippen LogP contribution in [0.3, 0.4) is 0 Å². The second kappa shape index (κ2) is 20.6. The van der Waals surface area contributed by atoms with E-state index < -0.39 is 24.1 Å². The molecule has 0 saturated carbocycles. The number of hydrogen-bond donors (Lipinski definition) is 2. The van der Waals surface area contributed by atoms with Crippen LogP contribution in [-0.4, -0.2) is 58.8 Å². The number of aryl methyl sites for hydroxylation is 3. The standard InChI is InChI=1S/C16H23BO3.C10H9IO3.C10H9O3.CH4.CH3.2Y/c1-11-6-7-12-10-13(8-9-14(12)18-11)17-19-15(2,3)16(4,5)20-17;11-7-2-4-8-6(5-7)1-3-9(14-8)10(12)13;11-10(12)9-6-5-7-3-1-2-4-8(7)13-9;;;;/h8-11H,6-7H2,1-5H3;2,4-5,9H,1,3H2,(H,12,13);2-4,9H,5-6H2,(H,11,12);1H4;1H3;;/q;;-1;;-1;;. The van der Waals surface area contributed by atoms with Crippen LogP contribution in [0, 0.1) is 17.1 Å². The molecule has 0 spiro atoms. The number of fused-ring (bicyclic) bond motifs is 3. The maximum atomic E-state index is 10.7. The Bertz CT molecular complexity index is 1600. The van der Waals surface area contributed by atoms with E-state index in [1.54, 1.807) is 12.1 Å². The molecule has 0 amide bonds. The van der Waals surface area contributed by atoms with Crippen molar-refractivity contribution in [3.05, 3.63) is 88.4 Å². The number of rotatable bonds is 3. The van der Waals surface area contributed by atoms with E-state index in [0.717, 1.165) is 51.6 Å². The number of carboxylic acid groups (broad SMARTS) is 2. The van der Waals surface area contributed by atoms with Crippen LogP contribution in [0.2, 0.25) is 0 Å². The molecule has 0 aliphatic carbocycles. The van der Waals surface area contributed by atoms with Crippen molar-refractivity contribution < 1.29 is 109 Å². The van der Waals surface area contributed by atoms with Gasteiger partial charge in [-0.15, -0.1) is 11.6 Å². The zero-order valence-electron chi connectivity index (χ0n) is 29.5. The second-order valence-electron chi connectivity index (χ2n) is 13.2. The molecular formula is C38H48BIO9Y2-2. The molecule has 4 aliphatic rings. The van der Waals surface area contributed by atoms with Gasteiger partial charge in [0.05, 0.1) is 17.3 Å². The Balaban J connectivity index is 0.000000378. The predicted octanol–water partition coefficient (Wildman–Crippen LogP) is 7.12. The third-order valence-electron chi connectivity index (χ3n) is 9.13. The SMILES string of the molecule is C.CC1CCc2cc(B3OC(C)(C)C(C)(C)O3)ccc2O1.O=C(O)C1CCc2c[c-]ccc2O1.O=C(O)C1CCc2cc(I)ccc2O1.[CH3-].[Y].[Y]. The maximum Gasteiger partial charge on any atom is 0.494 e. The molecule has 13 heteroatoms. The van der Waals surface area contributed by atoms with E-state index in [-0.39, 0.29) is 98.6 Å². The van der Waals surface area contributed by atoms with Crippen LogP contribution in [0.5, 0.6) is 17.2 Å². The Kier molecular flexibility index (Phi) is 19.3. The van der Waals surface area contributed by atoms with E-state index in [1.165, 1.54) is 5.56 Å². The van der Waals surface area contributed by atoms with Crippen LogP contribution in [0.25, 0.3) is 0 Å². The average molecular weight is 964 g/mol. The summed E-state index contributed by atoms with van der Waals surface area (Å²) in [6.45, 7) is 10.4. The summed E-state index contributed by atoms with van der Waals surface area (Å²) in [6.07, 6.45) is 3.71. The van der Waals surface area contributed by atoms with Gasteiger partial charge in [-0.3, -0.25) is 0 Å². The zero-order chi connectivity index (χ0) is 33.9. The minimum absolute atomic E-state index is 0. The first-order valence-corrected chi connectivity index (χ1v) is 17.0. The topological polar surface area (TPSA) is 121 Å². The monoisotopic (exact) mass is 964 g/mol. The quantitative estimate of drug-likeness (QED) is 0.161. The van der Waals surface area contributed by atoms with Crippen molar-refractivity contribution in [2.75, 3.05) is 0 Å². The molecule has 1 saturated heterocycles. The van der Waals surface area contributed by atoms with Gasteiger partial charge in [-0.25, -0.2) is 9.59 Å². The third-order valence-corrected chi connectivity index (χ3v) is 9.80. The zero-order valence-corrected chi connectivity index (χ0v) is 37.4. The molecule has 3 aromatic carbocycles. The van der Waals surface area contributed by atoms with E-state index in [0.29, 0.717) is 30.4 Å². The first kappa shape index (κ1) is 47.9. The Hall–Kier alpha value is -1.08. The minimum atomic E-state index is -0.890. The van der Waals surface area contributed by atoms with Gasteiger partial charge in [0.1, 0.15) is 11.5 Å². The molecule has 0 aromatic heterocycles. The summed E-state index contributed by atoms with van der Waals surface area (Å²) in [4.78, 5) is 21.3. The number of hydrogen-bond acceptors (Lipinski definition) is 7. The van der Waals surface area contributed by atoms with Crippen LogP contribution >= 0.6 is 22.6 Å². The van der Waals surface area contributed by atoms with Crippen LogP contribution < -0.4 is 19.7 Å². The molecular weight excluding hydrogens is 916 g/mol. The molecule has 3 aromatic rings. The fourth-order valence-electron chi connectivity index (χ4n) is 5.63. The summed E-state index contributed by atoms with van der Waals surface area (Å²) < 4.78 is 29.8. The molecule has 3 unspecified atom stereocenters.